The average Bonchev–Trinajstić information content (AvgIpc) is 2.68. The molecular formula is C25H29FN2O4. The zero-order chi connectivity index (χ0) is 23.8. The number of fused-ring (bicyclic) bond motifs is 1. The van der Waals surface area contributed by atoms with E-state index in [0.717, 1.165) is 0 Å². The van der Waals surface area contributed by atoms with E-state index in [-0.39, 0.29) is 17.2 Å². The third-order valence-electron chi connectivity index (χ3n) is 4.89. The third-order valence-corrected chi connectivity index (χ3v) is 4.89. The molecule has 0 radical (unpaired) electrons. The number of aromatic nitrogens is 1. The van der Waals surface area contributed by atoms with Crippen LogP contribution in [0.1, 0.15) is 34.6 Å². The zero-order valence-electron chi connectivity index (χ0n) is 19.3. The van der Waals surface area contributed by atoms with Crippen LogP contribution in [0.5, 0.6) is 5.75 Å². The Kier molecular flexibility index (Phi) is 6.30. The van der Waals surface area contributed by atoms with Crippen molar-refractivity contribution in [2.24, 2.45) is 5.92 Å². The molecule has 0 spiro atoms. The van der Waals surface area contributed by atoms with Gasteiger partial charge in [0.15, 0.2) is 0 Å². The number of halogens is 1. The lowest BCUT2D eigenvalue weighted by Crippen LogP contribution is -2.38. The summed E-state index contributed by atoms with van der Waals surface area (Å²) in [6, 6.07) is 10.3. The lowest BCUT2D eigenvalue weighted by Gasteiger charge is -2.29. The van der Waals surface area contributed by atoms with Crippen LogP contribution in [0.25, 0.3) is 21.9 Å². The maximum atomic E-state index is 13.7. The van der Waals surface area contributed by atoms with Crippen molar-refractivity contribution in [3.63, 3.8) is 0 Å². The summed E-state index contributed by atoms with van der Waals surface area (Å²) >= 11 is 0. The number of rotatable bonds is 4. The molecule has 0 saturated heterocycles. The van der Waals surface area contributed by atoms with Gasteiger partial charge >= 0.3 is 6.09 Å². The molecule has 7 heteroatoms. The molecule has 1 heterocycles. The summed E-state index contributed by atoms with van der Waals surface area (Å²) in [6.45, 7) is 9.59. The molecule has 1 amide bonds. The summed E-state index contributed by atoms with van der Waals surface area (Å²) in [4.78, 5) is 27.8. The number of amides is 1. The Labute approximate surface area is 186 Å². The van der Waals surface area contributed by atoms with Crippen LogP contribution in [-0.2, 0) is 11.3 Å². The number of pyridine rings is 1. The molecule has 32 heavy (non-hydrogen) atoms. The van der Waals surface area contributed by atoms with E-state index >= 15 is 0 Å². The molecule has 1 N–H and O–H groups in total. The van der Waals surface area contributed by atoms with Crippen molar-refractivity contribution < 1.29 is 19.0 Å². The second kappa shape index (κ2) is 8.65. The van der Waals surface area contributed by atoms with Crippen LogP contribution in [0.4, 0.5) is 15.0 Å². The minimum absolute atomic E-state index is 0.0206. The predicted octanol–water partition coefficient (Wildman–Crippen LogP) is 5.54. The number of carbonyl (C=O) groups excluding carboxylic acids is 1. The lowest BCUT2D eigenvalue weighted by atomic mass is 9.98. The van der Waals surface area contributed by atoms with E-state index in [2.05, 4.69) is 0 Å². The Morgan fingerprint density at radius 1 is 1.12 bits per heavy atom. The van der Waals surface area contributed by atoms with Crippen molar-refractivity contribution in [3.8, 4) is 16.9 Å². The first-order valence-electron chi connectivity index (χ1n) is 10.5. The highest BCUT2D eigenvalue weighted by Crippen LogP contribution is 2.38. The fourth-order valence-electron chi connectivity index (χ4n) is 3.62. The minimum atomic E-state index is -0.736. The molecule has 2 aromatic carbocycles. The van der Waals surface area contributed by atoms with E-state index in [4.69, 9.17) is 4.74 Å². The summed E-state index contributed by atoms with van der Waals surface area (Å²) in [5, 5.41) is 11.0. The van der Waals surface area contributed by atoms with Gasteiger partial charge in [0.1, 0.15) is 23.0 Å². The highest BCUT2D eigenvalue weighted by atomic mass is 19.1. The molecule has 0 saturated carbocycles. The number of hydrogen-bond donors (Lipinski definition) is 1. The van der Waals surface area contributed by atoms with E-state index in [1.54, 1.807) is 50.6 Å². The van der Waals surface area contributed by atoms with Crippen LogP contribution in [0.2, 0.25) is 0 Å². The maximum Gasteiger partial charge on any atom is 0.415 e. The normalized spacial score (nSPS) is 11.8. The molecule has 170 valence electrons. The number of aromatic hydroxyl groups is 1. The molecular weight excluding hydrogens is 411 g/mol. The number of ether oxygens (including phenoxy) is 1. The molecule has 6 nitrogen and oxygen atoms in total. The van der Waals surface area contributed by atoms with Gasteiger partial charge in [0.05, 0.1) is 0 Å². The van der Waals surface area contributed by atoms with Gasteiger partial charge in [0.2, 0.25) is 0 Å². The number of nitrogens with zero attached hydrogens (tertiary/aromatic N) is 2. The zero-order valence-corrected chi connectivity index (χ0v) is 19.3. The Bertz CT molecular complexity index is 1210. The van der Waals surface area contributed by atoms with E-state index in [9.17, 15) is 19.1 Å². The minimum Gasteiger partial charge on any atom is -0.508 e. The highest BCUT2D eigenvalue weighted by Gasteiger charge is 2.28. The number of phenolic OH excluding ortho intramolecular Hbond substituents is 1. The van der Waals surface area contributed by atoms with Gasteiger partial charge < -0.3 is 9.84 Å². The van der Waals surface area contributed by atoms with E-state index in [1.165, 1.54) is 29.2 Å². The van der Waals surface area contributed by atoms with Gasteiger partial charge in [-0.15, -0.1) is 0 Å². The predicted molar refractivity (Wildman–Crippen MR) is 125 cm³/mol. The Morgan fingerprint density at radius 2 is 1.75 bits per heavy atom. The third kappa shape index (κ3) is 4.77. The van der Waals surface area contributed by atoms with Crippen LogP contribution in [0.3, 0.4) is 0 Å². The van der Waals surface area contributed by atoms with Crippen LogP contribution >= 0.6 is 0 Å². The average molecular weight is 441 g/mol. The smallest absolute Gasteiger partial charge is 0.415 e. The topological polar surface area (TPSA) is 71.8 Å². The first-order chi connectivity index (χ1) is 14.9. The summed E-state index contributed by atoms with van der Waals surface area (Å²) in [6.07, 6.45) is -0.628. The Morgan fingerprint density at radius 3 is 2.31 bits per heavy atom. The summed E-state index contributed by atoms with van der Waals surface area (Å²) < 4.78 is 20.8. The number of carbonyl (C=O) groups is 1. The van der Waals surface area contributed by atoms with Gasteiger partial charge in [-0.1, -0.05) is 26.0 Å². The fourth-order valence-corrected chi connectivity index (χ4v) is 3.62. The quantitative estimate of drug-likeness (QED) is 0.578. The molecule has 3 aromatic rings. The monoisotopic (exact) mass is 440 g/mol. The molecule has 0 aliphatic heterocycles. The molecule has 0 bridgehead atoms. The second-order valence-corrected chi connectivity index (χ2v) is 9.28. The lowest BCUT2D eigenvalue weighted by molar-refractivity contribution is 0.0587. The van der Waals surface area contributed by atoms with Crippen LogP contribution < -0.4 is 10.5 Å². The fraction of sp³-hybridized carbons (Fsp3) is 0.360. The van der Waals surface area contributed by atoms with Gasteiger partial charge in [-0.25, -0.2) is 9.18 Å². The van der Waals surface area contributed by atoms with Crippen LogP contribution in [-0.4, -0.2) is 28.4 Å². The Hall–Kier alpha value is -3.35. The van der Waals surface area contributed by atoms with Crippen molar-refractivity contribution in [2.75, 3.05) is 11.9 Å². The van der Waals surface area contributed by atoms with Crippen molar-refractivity contribution in [2.45, 2.75) is 46.8 Å². The van der Waals surface area contributed by atoms with E-state index in [1.807, 2.05) is 13.8 Å². The van der Waals surface area contributed by atoms with Gasteiger partial charge in [0, 0.05) is 29.9 Å². The highest BCUT2D eigenvalue weighted by molar-refractivity contribution is 6.05. The molecule has 0 aliphatic carbocycles. The number of anilines is 1. The standard InChI is InChI=1S/C25H29FN2O4/c1-15(2)14-28-22(27(6)24(31)32-25(3,4)5)21(16-7-9-17(26)10-8-16)20-13-18(29)11-12-19(20)23(28)30/h7-13,15,29H,14H2,1-6H3. The van der Waals surface area contributed by atoms with Crippen molar-refractivity contribution >= 4 is 22.7 Å². The summed E-state index contributed by atoms with van der Waals surface area (Å²) in [5.41, 5.74) is 0.110. The molecule has 0 atom stereocenters. The largest absolute Gasteiger partial charge is 0.508 e. The summed E-state index contributed by atoms with van der Waals surface area (Å²) in [7, 11) is 1.54. The SMILES string of the molecule is CC(C)Cn1c(N(C)C(=O)OC(C)(C)C)c(-c2ccc(F)cc2)c2cc(O)ccc2c1=O. The first kappa shape index (κ1) is 23.3. The molecule has 0 fully saturated rings. The maximum absolute atomic E-state index is 13.7. The molecule has 0 aliphatic rings. The summed E-state index contributed by atoms with van der Waals surface area (Å²) in [5.74, 6) is 0.00275. The molecule has 1 aromatic heterocycles. The molecule has 3 rings (SSSR count). The molecule has 0 unspecified atom stereocenters. The van der Waals surface area contributed by atoms with E-state index < -0.39 is 17.5 Å². The van der Waals surface area contributed by atoms with Gasteiger partial charge in [-0.05, 0) is 62.6 Å². The van der Waals surface area contributed by atoms with Crippen LogP contribution in [0.15, 0.2) is 47.3 Å². The van der Waals surface area contributed by atoms with Crippen LogP contribution in [0, 0.1) is 11.7 Å². The second-order valence-electron chi connectivity index (χ2n) is 9.28. The van der Waals surface area contributed by atoms with E-state index in [0.29, 0.717) is 34.3 Å². The van der Waals surface area contributed by atoms with Crippen molar-refractivity contribution in [1.82, 2.24) is 4.57 Å². The van der Waals surface area contributed by atoms with Crippen molar-refractivity contribution in [3.05, 3.63) is 58.6 Å². The number of benzene rings is 2. The van der Waals surface area contributed by atoms with Gasteiger partial charge in [0.25, 0.3) is 5.56 Å². The first-order valence-corrected chi connectivity index (χ1v) is 10.5. The number of phenols is 1. The number of hydrogen-bond acceptors (Lipinski definition) is 4. The Balaban J connectivity index is 2.44. The van der Waals surface area contributed by atoms with Gasteiger partial charge in [-0.2, -0.15) is 0 Å². The van der Waals surface area contributed by atoms with Gasteiger partial charge in [-0.3, -0.25) is 14.3 Å². The van der Waals surface area contributed by atoms with Crippen molar-refractivity contribution in [1.29, 1.82) is 0 Å².